The van der Waals surface area contributed by atoms with E-state index < -0.39 is 0 Å². The number of aromatic nitrogens is 2. The first-order valence-electron chi connectivity index (χ1n) is 7.80. The topological polar surface area (TPSA) is 91.1 Å². The summed E-state index contributed by atoms with van der Waals surface area (Å²) in [5.41, 5.74) is 6.63. The van der Waals surface area contributed by atoms with Crippen LogP contribution < -0.4 is 10.6 Å². The molecular formula is C15H25N5O. The Bertz CT molecular complexity index is 507. The number of nitriles is 1. The van der Waals surface area contributed by atoms with Crippen LogP contribution in [0.15, 0.2) is 0 Å². The molecular weight excluding hydrogens is 266 g/mol. The highest BCUT2D eigenvalue weighted by Gasteiger charge is 2.26. The van der Waals surface area contributed by atoms with E-state index in [4.69, 9.17) is 5.73 Å². The van der Waals surface area contributed by atoms with E-state index in [-0.39, 0.29) is 12.6 Å². The van der Waals surface area contributed by atoms with Gasteiger partial charge in [0.15, 0.2) is 5.82 Å². The van der Waals surface area contributed by atoms with Crippen molar-refractivity contribution in [2.75, 3.05) is 30.3 Å². The summed E-state index contributed by atoms with van der Waals surface area (Å²) >= 11 is 0. The predicted molar refractivity (Wildman–Crippen MR) is 83.0 cm³/mol. The Morgan fingerprint density at radius 2 is 2.00 bits per heavy atom. The van der Waals surface area contributed by atoms with Crippen LogP contribution >= 0.6 is 0 Å². The van der Waals surface area contributed by atoms with Crippen molar-refractivity contribution < 1.29 is 5.11 Å². The minimum absolute atomic E-state index is 0.237. The number of anilines is 2. The van der Waals surface area contributed by atoms with Gasteiger partial charge in [-0.3, -0.25) is 0 Å². The summed E-state index contributed by atoms with van der Waals surface area (Å²) in [4.78, 5) is 2.12. The van der Waals surface area contributed by atoms with E-state index in [9.17, 15) is 10.4 Å². The molecule has 6 heteroatoms. The second kappa shape index (κ2) is 6.81. The third-order valence-electron chi connectivity index (χ3n) is 4.50. The highest BCUT2D eigenvalue weighted by molar-refractivity contribution is 5.65. The largest absolute Gasteiger partial charge is 0.396 e. The summed E-state index contributed by atoms with van der Waals surface area (Å²) in [6.45, 7) is 6.09. The number of nitrogen functional groups attached to an aromatic ring is 1. The lowest BCUT2D eigenvalue weighted by molar-refractivity contribution is 0.202. The molecule has 1 fully saturated rings. The monoisotopic (exact) mass is 291 g/mol. The number of piperidine rings is 1. The molecule has 0 saturated carbocycles. The summed E-state index contributed by atoms with van der Waals surface area (Å²) in [7, 11) is 0. The molecule has 3 N–H and O–H groups in total. The molecule has 1 aromatic heterocycles. The Balaban J connectivity index is 2.28. The maximum Gasteiger partial charge on any atom is 0.170 e. The van der Waals surface area contributed by atoms with E-state index in [1.807, 2.05) is 4.68 Å². The molecule has 0 amide bonds. The number of nitrogens with zero attached hydrogens (tertiary/aromatic N) is 4. The first-order chi connectivity index (χ1) is 10.2. The Morgan fingerprint density at radius 1 is 1.38 bits per heavy atom. The maximum atomic E-state index is 9.42. The summed E-state index contributed by atoms with van der Waals surface area (Å²) < 4.78 is 1.81. The van der Waals surface area contributed by atoms with Gasteiger partial charge in [-0.2, -0.15) is 10.4 Å². The summed E-state index contributed by atoms with van der Waals surface area (Å²) in [6, 6.07) is 2.45. The number of aliphatic hydroxyl groups is 1. The second-order valence-electron chi connectivity index (χ2n) is 5.72. The van der Waals surface area contributed by atoms with Gasteiger partial charge in [0, 0.05) is 19.7 Å². The number of hydrogen-bond acceptors (Lipinski definition) is 5. The van der Waals surface area contributed by atoms with Crippen LogP contribution in [-0.2, 0) is 0 Å². The molecule has 0 aliphatic carbocycles. The van der Waals surface area contributed by atoms with Crippen LogP contribution in [-0.4, -0.2) is 34.6 Å². The first kappa shape index (κ1) is 15.6. The van der Waals surface area contributed by atoms with E-state index in [0.29, 0.717) is 23.1 Å². The highest BCUT2D eigenvalue weighted by atomic mass is 16.3. The number of aliphatic hydroxyl groups excluding tert-OH is 1. The fourth-order valence-electron chi connectivity index (χ4n) is 3.00. The molecule has 2 rings (SSSR count). The van der Waals surface area contributed by atoms with Gasteiger partial charge in [0.2, 0.25) is 0 Å². The van der Waals surface area contributed by atoms with Crippen LogP contribution in [0.3, 0.4) is 0 Å². The molecule has 1 saturated heterocycles. The van der Waals surface area contributed by atoms with Crippen molar-refractivity contribution in [3.8, 4) is 6.07 Å². The fraction of sp³-hybridized carbons (Fsp3) is 0.733. The second-order valence-corrected chi connectivity index (χ2v) is 5.72. The lowest BCUT2D eigenvalue weighted by Gasteiger charge is -2.31. The SMILES string of the molecule is CCC(CC)n1nc(N2CCC(CO)CC2)c(C#N)c1N. The lowest BCUT2D eigenvalue weighted by atomic mass is 9.98. The van der Waals surface area contributed by atoms with Crippen molar-refractivity contribution in [2.45, 2.75) is 45.6 Å². The molecule has 0 atom stereocenters. The van der Waals surface area contributed by atoms with Crippen molar-refractivity contribution in [1.29, 1.82) is 5.26 Å². The molecule has 0 unspecified atom stereocenters. The molecule has 0 spiro atoms. The predicted octanol–water partition coefficient (Wildman–Crippen LogP) is 1.91. The zero-order chi connectivity index (χ0) is 15.4. The highest BCUT2D eigenvalue weighted by Crippen LogP contribution is 2.31. The van der Waals surface area contributed by atoms with Crippen LogP contribution in [0.5, 0.6) is 0 Å². The molecule has 0 bridgehead atoms. The molecule has 21 heavy (non-hydrogen) atoms. The van der Waals surface area contributed by atoms with Crippen molar-refractivity contribution in [3.63, 3.8) is 0 Å². The minimum atomic E-state index is 0.237. The van der Waals surface area contributed by atoms with Crippen LogP contribution in [0.25, 0.3) is 0 Å². The van der Waals surface area contributed by atoms with E-state index in [0.717, 1.165) is 38.8 Å². The van der Waals surface area contributed by atoms with Gasteiger partial charge in [-0.25, -0.2) is 4.68 Å². The minimum Gasteiger partial charge on any atom is -0.396 e. The Morgan fingerprint density at radius 3 is 2.48 bits per heavy atom. The van der Waals surface area contributed by atoms with Gasteiger partial charge in [0.1, 0.15) is 17.5 Å². The molecule has 1 aromatic rings. The summed E-state index contributed by atoms with van der Waals surface area (Å²) in [6.07, 6.45) is 3.75. The van der Waals surface area contributed by atoms with E-state index in [1.165, 1.54) is 0 Å². The molecule has 1 aliphatic heterocycles. The summed E-state index contributed by atoms with van der Waals surface area (Å²) in [5, 5.41) is 23.3. The Labute approximate surface area is 126 Å². The van der Waals surface area contributed by atoms with Gasteiger partial charge in [-0.1, -0.05) is 13.8 Å². The van der Waals surface area contributed by atoms with E-state index in [2.05, 4.69) is 29.9 Å². The molecule has 0 aromatic carbocycles. The normalized spacial score (nSPS) is 16.4. The number of hydrogen-bond donors (Lipinski definition) is 2. The van der Waals surface area contributed by atoms with Gasteiger partial charge >= 0.3 is 0 Å². The van der Waals surface area contributed by atoms with Crippen molar-refractivity contribution in [2.24, 2.45) is 5.92 Å². The zero-order valence-electron chi connectivity index (χ0n) is 12.9. The van der Waals surface area contributed by atoms with Gasteiger partial charge in [0.25, 0.3) is 0 Å². The van der Waals surface area contributed by atoms with Gasteiger partial charge in [-0.05, 0) is 31.6 Å². The average molecular weight is 291 g/mol. The average Bonchev–Trinajstić information content (AvgIpc) is 2.85. The van der Waals surface area contributed by atoms with Gasteiger partial charge in [-0.15, -0.1) is 0 Å². The van der Waals surface area contributed by atoms with Crippen LogP contribution in [0, 0.1) is 17.2 Å². The Kier molecular flexibility index (Phi) is 5.07. The van der Waals surface area contributed by atoms with Crippen molar-refractivity contribution in [3.05, 3.63) is 5.56 Å². The quantitative estimate of drug-likeness (QED) is 0.864. The molecule has 6 nitrogen and oxygen atoms in total. The van der Waals surface area contributed by atoms with E-state index in [1.54, 1.807) is 0 Å². The number of nitrogens with two attached hydrogens (primary N) is 1. The smallest absolute Gasteiger partial charge is 0.170 e. The third-order valence-corrected chi connectivity index (χ3v) is 4.50. The zero-order valence-corrected chi connectivity index (χ0v) is 12.9. The van der Waals surface area contributed by atoms with Gasteiger partial charge in [0.05, 0.1) is 6.04 Å². The van der Waals surface area contributed by atoms with Crippen LogP contribution in [0.1, 0.15) is 51.1 Å². The van der Waals surface area contributed by atoms with E-state index >= 15 is 0 Å². The van der Waals surface area contributed by atoms with Crippen molar-refractivity contribution in [1.82, 2.24) is 9.78 Å². The fourth-order valence-corrected chi connectivity index (χ4v) is 3.00. The lowest BCUT2D eigenvalue weighted by Crippen LogP contribution is -2.35. The van der Waals surface area contributed by atoms with Gasteiger partial charge < -0.3 is 15.7 Å². The molecule has 1 aliphatic rings. The molecule has 2 heterocycles. The number of rotatable bonds is 5. The third kappa shape index (κ3) is 2.98. The molecule has 116 valence electrons. The van der Waals surface area contributed by atoms with Crippen LogP contribution in [0.2, 0.25) is 0 Å². The van der Waals surface area contributed by atoms with Crippen LogP contribution in [0.4, 0.5) is 11.6 Å². The standard InChI is InChI=1S/C15H25N5O/c1-3-12(4-2)20-14(17)13(9-16)15(18-20)19-7-5-11(10-21)6-8-19/h11-12,21H,3-8,10,17H2,1-2H3. The first-order valence-corrected chi connectivity index (χ1v) is 7.80. The Hall–Kier alpha value is -1.74. The maximum absolute atomic E-state index is 9.42. The molecule has 0 radical (unpaired) electrons. The van der Waals surface area contributed by atoms with Crippen molar-refractivity contribution >= 4 is 11.6 Å². The summed E-state index contributed by atoms with van der Waals surface area (Å²) in [5.74, 6) is 1.55.